The minimum atomic E-state index is -1.05. The molecule has 5 heteroatoms. The molecular weight excluding hydrogens is 234 g/mol. The van der Waals surface area contributed by atoms with Gasteiger partial charge < -0.3 is 5.11 Å². The second-order valence-corrected chi connectivity index (χ2v) is 4.30. The lowest BCUT2D eigenvalue weighted by atomic mass is 10.0. The van der Waals surface area contributed by atoms with Gasteiger partial charge in [-0.05, 0) is 5.56 Å². The lowest BCUT2D eigenvalue weighted by molar-refractivity contribution is -0.144. The van der Waals surface area contributed by atoms with Gasteiger partial charge in [0.1, 0.15) is 0 Å². The summed E-state index contributed by atoms with van der Waals surface area (Å²) in [6, 6.07) is 9.16. The second-order valence-electron chi connectivity index (χ2n) is 4.30. The molecule has 1 aromatic rings. The van der Waals surface area contributed by atoms with Crippen molar-refractivity contribution >= 4 is 17.8 Å². The first-order valence-electron chi connectivity index (χ1n) is 5.68. The first-order chi connectivity index (χ1) is 8.58. The summed E-state index contributed by atoms with van der Waals surface area (Å²) in [6.07, 6.45) is -0.284. The number of aliphatic carboxylic acids is 1. The fraction of sp³-hybridized carbons (Fsp3) is 0.308. The molecule has 1 aliphatic heterocycles. The highest BCUT2D eigenvalue weighted by Gasteiger charge is 2.39. The Morgan fingerprint density at radius 2 is 1.94 bits per heavy atom. The lowest BCUT2D eigenvalue weighted by Gasteiger charge is -2.14. The average molecular weight is 247 g/mol. The van der Waals surface area contributed by atoms with Crippen LogP contribution in [0.25, 0.3) is 0 Å². The molecule has 94 valence electrons. The fourth-order valence-electron chi connectivity index (χ4n) is 2.05. The summed E-state index contributed by atoms with van der Waals surface area (Å²) in [5.74, 6) is -2.44. The minimum absolute atomic E-state index is 0.00202. The van der Waals surface area contributed by atoms with Crippen LogP contribution in [0.15, 0.2) is 30.3 Å². The van der Waals surface area contributed by atoms with Crippen LogP contribution in [0.4, 0.5) is 0 Å². The summed E-state index contributed by atoms with van der Waals surface area (Å²) < 4.78 is 0. The van der Waals surface area contributed by atoms with Crippen LogP contribution in [0, 0.1) is 5.92 Å². The summed E-state index contributed by atoms with van der Waals surface area (Å²) >= 11 is 0. The Labute approximate surface area is 104 Å². The number of benzene rings is 1. The molecule has 1 saturated heterocycles. The van der Waals surface area contributed by atoms with Crippen LogP contribution in [-0.4, -0.2) is 27.8 Å². The molecule has 0 spiro atoms. The quantitative estimate of drug-likeness (QED) is 0.806. The number of likely N-dealkylation sites (tertiary alicyclic amines) is 1. The molecule has 1 aliphatic rings. The Kier molecular flexibility index (Phi) is 3.41. The van der Waals surface area contributed by atoms with Gasteiger partial charge in [0.2, 0.25) is 11.8 Å². The Bertz CT molecular complexity index is 483. The van der Waals surface area contributed by atoms with Crippen LogP contribution < -0.4 is 0 Å². The van der Waals surface area contributed by atoms with Gasteiger partial charge in [-0.2, -0.15) is 0 Å². The van der Waals surface area contributed by atoms with Gasteiger partial charge in [-0.3, -0.25) is 19.3 Å². The maximum absolute atomic E-state index is 11.9. The number of hydrogen-bond acceptors (Lipinski definition) is 3. The van der Waals surface area contributed by atoms with E-state index in [-0.39, 0.29) is 31.2 Å². The highest BCUT2D eigenvalue weighted by molar-refractivity contribution is 6.04. The van der Waals surface area contributed by atoms with E-state index in [4.69, 9.17) is 5.11 Å². The molecular formula is C13H13NO4. The molecule has 0 aliphatic carbocycles. The van der Waals surface area contributed by atoms with E-state index in [0.29, 0.717) is 0 Å². The normalized spacial score (nSPS) is 19.3. The first-order valence-corrected chi connectivity index (χ1v) is 5.68. The van der Waals surface area contributed by atoms with Crippen molar-refractivity contribution in [2.75, 3.05) is 0 Å². The van der Waals surface area contributed by atoms with Crippen LogP contribution in [-0.2, 0) is 20.9 Å². The van der Waals surface area contributed by atoms with Gasteiger partial charge in [-0.1, -0.05) is 30.3 Å². The highest BCUT2D eigenvalue weighted by Crippen LogP contribution is 2.24. The Morgan fingerprint density at radius 1 is 1.28 bits per heavy atom. The van der Waals surface area contributed by atoms with Crippen LogP contribution in [0.3, 0.4) is 0 Å². The van der Waals surface area contributed by atoms with Gasteiger partial charge in [0.15, 0.2) is 0 Å². The standard InChI is InChI=1S/C13H13NO4/c15-11-6-10(7-12(16)17)13(18)14(11)8-9-4-2-1-3-5-9/h1-5,10H,6-8H2,(H,16,17). The molecule has 0 bridgehead atoms. The van der Waals surface area contributed by atoms with Gasteiger partial charge in [0.05, 0.1) is 18.9 Å². The first kappa shape index (κ1) is 12.3. The summed E-state index contributed by atoms with van der Waals surface area (Å²) in [5.41, 5.74) is 0.857. The number of amides is 2. The molecule has 0 aromatic heterocycles. The van der Waals surface area contributed by atoms with Gasteiger partial charge in [-0.15, -0.1) is 0 Å². The molecule has 1 heterocycles. The van der Waals surface area contributed by atoms with Crippen molar-refractivity contribution in [1.82, 2.24) is 4.90 Å². The zero-order chi connectivity index (χ0) is 13.1. The van der Waals surface area contributed by atoms with E-state index < -0.39 is 11.9 Å². The van der Waals surface area contributed by atoms with Crippen LogP contribution in [0.1, 0.15) is 18.4 Å². The van der Waals surface area contributed by atoms with Crippen molar-refractivity contribution in [2.24, 2.45) is 5.92 Å². The van der Waals surface area contributed by atoms with Crippen molar-refractivity contribution in [2.45, 2.75) is 19.4 Å². The highest BCUT2D eigenvalue weighted by atomic mass is 16.4. The number of carboxylic acids is 1. The van der Waals surface area contributed by atoms with Gasteiger partial charge in [0.25, 0.3) is 0 Å². The van der Waals surface area contributed by atoms with E-state index in [1.165, 1.54) is 0 Å². The van der Waals surface area contributed by atoms with Crippen LogP contribution in [0.2, 0.25) is 0 Å². The summed E-state index contributed by atoms with van der Waals surface area (Å²) in [7, 11) is 0. The van der Waals surface area contributed by atoms with Crippen LogP contribution in [0.5, 0.6) is 0 Å². The molecule has 1 atom stereocenters. The Hall–Kier alpha value is -2.17. The van der Waals surface area contributed by atoms with Crippen molar-refractivity contribution in [3.8, 4) is 0 Å². The molecule has 1 unspecified atom stereocenters. The average Bonchev–Trinajstić information content (AvgIpc) is 2.58. The summed E-state index contributed by atoms with van der Waals surface area (Å²) in [5, 5.41) is 8.67. The zero-order valence-corrected chi connectivity index (χ0v) is 9.70. The molecule has 0 radical (unpaired) electrons. The van der Waals surface area contributed by atoms with E-state index in [1.54, 1.807) is 0 Å². The predicted molar refractivity (Wildman–Crippen MR) is 62.4 cm³/mol. The van der Waals surface area contributed by atoms with Gasteiger partial charge in [0, 0.05) is 6.42 Å². The molecule has 18 heavy (non-hydrogen) atoms. The largest absolute Gasteiger partial charge is 0.481 e. The third kappa shape index (κ3) is 2.56. The van der Waals surface area contributed by atoms with Crippen molar-refractivity contribution in [1.29, 1.82) is 0 Å². The maximum atomic E-state index is 11.9. The topological polar surface area (TPSA) is 74.7 Å². The van der Waals surface area contributed by atoms with Gasteiger partial charge >= 0.3 is 5.97 Å². The number of carbonyl (C=O) groups excluding carboxylic acids is 2. The third-order valence-corrected chi connectivity index (χ3v) is 2.94. The monoisotopic (exact) mass is 247 g/mol. The van der Waals surface area contributed by atoms with E-state index in [2.05, 4.69) is 0 Å². The van der Waals surface area contributed by atoms with E-state index >= 15 is 0 Å². The molecule has 2 rings (SSSR count). The SMILES string of the molecule is O=C(O)CC1CC(=O)N(Cc2ccccc2)C1=O. The molecule has 1 N–H and O–H groups in total. The number of imide groups is 1. The van der Waals surface area contributed by atoms with E-state index in [0.717, 1.165) is 10.5 Å². The Morgan fingerprint density at radius 3 is 2.56 bits per heavy atom. The van der Waals surface area contributed by atoms with E-state index in [1.807, 2.05) is 30.3 Å². The number of carboxylic acid groups (broad SMARTS) is 1. The molecule has 1 fully saturated rings. The van der Waals surface area contributed by atoms with Crippen molar-refractivity contribution < 1.29 is 19.5 Å². The molecule has 1 aromatic carbocycles. The summed E-state index contributed by atoms with van der Waals surface area (Å²) in [4.78, 5) is 35.3. The smallest absolute Gasteiger partial charge is 0.304 e. The summed E-state index contributed by atoms with van der Waals surface area (Å²) in [6.45, 7) is 0.217. The molecule has 2 amide bonds. The molecule has 0 saturated carbocycles. The van der Waals surface area contributed by atoms with Gasteiger partial charge in [-0.25, -0.2) is 0 Å². The number of nitrogens with zero attached hydrogens (tertiary/aromatic N) is 1. The molecule has 5 nitrogen and oxygen atoms in total. The number of carbonyl (C=O) groups is 3. The third-order valence-electron chi connectivity index (χ3n) is 2.94. The lowest BCUT2D eigenvalue weighted by Crippen LogP contribution is -2.30. The van der Waals surface area contributed by atoms with Crippen LogP contribution >= 0.6 is 0 Å². The maximum Gasteiger partial charge on any atom is 0.304 e. The predicted octanol–water partition coefficient (Wildman–Crippen LogP) is 1.04. The van der Waals surface area contributed by atoms with Crippen molar-refractivity contribution in [3.63, 3.8) is 0 Å². The second kappa shape index (κ2) is 5.00. The number of rotatable bonds is 4. The minimum Gasteiger partial charge on any atom is -0.481 e. The number of hydrogen-bond donors (Lipinski definition) is 1. The fourth-order valence-corrected chi connectivity index (χ4v) is 2.05. The Balaban J connectivity index is 2.08. The zero-order valence-electron chi connectivity index (χ0n) is 9.70. The van der Waals surface area contributed by atoms with Crippen molar-refractivity contribution in [3.05, 3.63) is 35.9 Å². The van der Waals surface area contributed by atoms with E-state index in [9.17, 15) is 14.4 Å².